The van der Waals surface area contributed by atoms with Crippen molar-refractivity contribution in [3.05, 3.63) is 35.4 Å². The maximum absolute atomic E-state index is 12.3. The Morgan fingerprint density at radius 3 is 2.26 bits per heavy atom. The minimum absolute atomic E-state index is 0.0677. The van der Waals surface area contributed by atoms with E-state index < -0.39 is 5.41 Å². The van der Waals surface area contributed by atoms with Crippen molar-refractivity contribution in [2.24, 2.45) is 0 Å². The summed E-state index contributed by atoms with van der Waals surface area (Å²) < 4.78 is 5.08. The second-order valence-electron chi connectivity index (χ2n) is 6.11. The van der Waals surface area contributed by atoms with Crippen LogP contribution < -0.4 is 5.32 Å². The largest absolute Gasteiger partial charge is 0.377 e. The summed E-state index contributed by atoms with van der Waals surface area (Å²) in [5, 5.41) is 3.03. The average Bonchev–Trinajstić information content (AvgIpc) is 2.33. The molecule has 19 heavy (non-hydrogen) atoms. The molecule has 1 aromatic carbocycles. The second-order valence-corrected chi connectivity index (χ2v) is 6.11. The molecule has 0 saturated carbocycles. The van der Waals surface area contributed by atoms with Gasteiger partial charge < -0.3 is 10.1 Å². The van der Waals surface area contributed by atoms with Crippen LogP contribution in [0.25, 0.3) is 0 Å². The molecule has 1 heterocycles. The Morgan fingerprint density at radius 2 is 1.84 bits per heavy atom. The van der Waals surface area contributed by atoms with E-state index in [2.05, 4.69) is 43.4 Å². The van der Waals surface area contributed by atoms with Crippen molar-refractivity contribution >= 4 is 5.91 Å². The van der Waals surface area contributed by atoms with E-state index in [1.165, 1.54) is 5.56 Å². The Morgan fingerprint density at radius 1 is 1.26 bits per heavy atom. The lowest BCUT2D eigenvalue weighted by atomic mass is 9.82. The van der Waals surface area contributed by atoms with Crippen molar-refractivity contribution in [3.8, 4) is 0 Å². The van der Waals surface area contributed by atoms with Crippen LogP contribution in [0.2, 0.25) is 0 Å². The summed E-state index contributed by atoms with van der Waals surface area (Å²) >= 11 is 0. The van der Waals surface area contributed by atoms with E-state index in [1.807, 2.05) is 13.8 Å². The molecule has 1 aliphatic heterocycles. The molecule has 1 amide bonds. The molecule has 0 unspecified atom stereocenters. The lowest BCUT2D eigenvalue weighted by Crippen LogP contribution is -2.53. The molecule has 2 rings (SSSR count). The number of hydrogen-bond donors (Lipinski definition) is 1. The Labute approximate surface area is 115 Å². The summed E-state index contributed by atoms with van der Waals surface area (Å²) in [7, 11) is 0. The van der Waals surface area contributed by atoms with Crippen molar-refractivity contribution in [3.63, 3.8) is 0 Å². The minimum Gasteiger partial charge on any atom is -0.377 e. The van der Waals surface area contributed by atoms with Gasteiger partial charge in [0, 0.05) is 0 Å². The molecular formula is C16H23NO2. The lowest BCUT2D eigenvalue weighted by Gasteiger charge is -2.32. The monoisotopic (exact) mass is 261 g/mol. The summed E-state index contributed by atoms with van der Waals surface area (Å²) in [5.41, 5.74) is 1.84. The number of carbonyl (C=O) groups is 1. The normalized spacial score (nSPS) is 16.3. The van der Waals surface area contributed by atoms with Gasteiger partial charge in [-0.1, -0.05) is 38.1 Å². The third kappa shape index (κ3) is 2.98. The van der Waals surface area contributed by atoms with Crippen molar-refractivity contribution in [1.29, 1.82) is 0 Å². The zero-order chi connectivity index (χ0) is 14.0. The zero-order valence-corrected chi connectivity index (χ0v) is 12.2. The van der Waals surface area contributed by atoms with Crippen molar-refractivity contribution in [2.75, 3.05) is 13.2 Å². The smallest absolute Gasteiger partial charge is 0.230 e. The van der Waals surface area contributed by atoms with Gasteiger partial charge >= 0.3 is 0 Å². The van der Waals surface area contributed by atoms with Crippen LogP contribution in [0.15, 0.2) is 24.3 Å². The van der Waals surface area contributed by atoms with E-state index in [9.17, 15) is 4.79 Å². The Hall–Kier alpha value is -1.35. The molecule has 0 bridgehead atoms. The number of amides is 1. The minimum atomic E-state index is -0.509. The van der Waals surface area contributed by atoms with Gasteiger partial charge in [-0.25, -0.2) is 0 Å². The predicted octanol–water partition coefficient (Wildman–Crippen LogP) is 2.60. The van der Waals surface area contributed by atoms with Crippen LogP contribution in [0.3, 0.4) is 0 Å². The quantitative estimate of drug-likeness (QED) is 0.904. The molecule has 0 atom stereocenters. The molecule has 3 heteroatoms. The van der Waals surface area contributed by atoms with E-state index in [4.69, 9.17) is 4.74 Å². The van der Waals surface area contributed by atoms with Crippen molar-refractivity contribution in [1.82, 2.24) is 5.32 Å². The van der Waals surface area contributed by atoms with E-state index in [0.29, 0.717) is 19.1 Å². The van der Waals surface area contributed by atoms with E-state index in [-0.39, 0.29) is 11.9 Å². The molecule has 1 fully saturated rings. The molecule has 3 nitrogen and oxygen atoms in total. The molecule has 104 valence electrons. The third-order valence-corrected chi connectivity index (χ3v) is 3.84. The summed E-state index contributed by atoms with van der Waals surface area (Å²) in [5.74, 6) is 0.580. The van der Waals surface area contributed by atoms with E-state index in [0.717, 1.165) is 5.56 Å². The molecular weight excluding hydrogens is 238 g/mol. The van der Waals surface area contributed by atoms with Gasteiger partial charge in [0.15, 0.2) is 0 Å². The van der Waals surface area contributed by atoms with Crippen LogP contribution in [-0.2, 0) is 14.9 Å². The van der Waals surface area contributed by atoms with Crippen molar-refractivity contribution in [2.45, 2.75) is 45.1 Å². The average molecular weight is 261 g/mol. The van der Waals surface area contributed by atoms with Crippen LogP contribution in [0, 0.1) is 0 Å². The Balaban J connectivity index is 2.10. The maximum atomic E-state index is 12.3. The first kappa shape index (κ1) is 14.1. The third-order valence-electron chi connectivity index (χ3n) is 3.84. The molecule has 1 aliphatic rings. The topological polar surface area (TPSA) is 38.3 Å². The van der Waals surface area contributed by atoms with Gasteiger partial charge in [-0.15, -0.1) is 0 Å². The van der Waals surface area contributed by atoms with Gasteiger partial charge in [-0.2, -0.15) is 0 Å². The lowest BCUT2D eigenvalue weighted by molar-refractivity contribution is -0.129. The highest BCUT2D eigenvalue weighted by Crippen LogP contribution is 2.26. The van der Waals surface area contributed by atoms with Crippen LogP contribution in [-0.4, -0.2) is 25.2 Å². The summed E-state index contributed by atoms with van der Waals surface area (Å²) in [6, 6.07) is 8.53. The molecule has 1 aromatic rings. The fourth-order valence-electron chi connectivity index (χ4n) is 2.10. The van der Waals surface area contributed by atoms with Crippen LogP contribution in [0.5, 0.6) is 0 Å². The number of carbonyl (C=O) groups excluding carboxylic acids is 1. The Kier molecular flexibility index (Phi) is 3.95. The first-order valence-electron chi connectivity index (χ1n) is 6.90. The number of benzene rings is 1. The van der Waals surface area contributed by atoms with Gasteiger partial charge in [-0.3, -0.25) is 4.79 Å². The fourth-order valence-corrected chi connectivity index (χ4v) is 2.10. The Bertz CT molecular complexity index is 444. The van der Waals surface area contributed by atoms with Gasteiger partial charge in [0.2, 0.25) is 5.91 Å². The number of ether oxygens (including phenoxy) is 1. The van der Waals surface area contributed by atoms with Gasteiger partial charge in [-0.05, 0) is 30.9 Å². The molecule has 1 N–H and O–H groups in total. The summed E-state index contributed by atoms with van der Waals surface area (Å²) in [4.78, 5) is 12.3. The second kappa shape index (κ2) is 5.33. The van der Waals surface area contributed by atoms with Crippen LogP contribution in [0.1, 0.15) is 44.7 Å². The fraction of sp³-hybridized carbons (Fsp3) is 0.562. The first-order chi connectivity index (χ1) is 8.91. The highest BCUT2D eigenvalue weighted by atomic mass is 16.5. The standard InChI is InChI=1S/C16H23NO2/c1-11(2)12-5-7-13(8-6-12)16(3,4)15(18)17-14-9-19-10-14/h5-8,11,14H,9-10H2,1-4H3,(H,17,18). The molecule has 1 saturated heterocycles. The maximum Gasteiger partial charge on any atom is 0.230 e. The predicted molar refractivity (Wildman–Crippen MR) is 76.3 cm³/mol. The highest BCUT2D eigenvalue weighted by molar-refractivity contribution is 5.87. The molecule has 0 aliphatic carbocycles. The highest BCUT2D eigenvalue weighted by Gasteiger charge is 2.32. The van der Waals surface area contributed by atoms with E-state index in [1.54, 1.807) is 0 Å². The molecule has 0 spiro atoms. The van der Waals surface area contributed by atoms with Crippen molar-refractivity contribution < 1.29 is 9.53 Å². The zero-order valence-electron chi connectivity index (χ0n) is 12.2. The first-order valence-corrected chi connectivity index (χ1v) is 6.90. The number of nitrogens with one attached hydrogen (secondary N) is 1. The van der Waals surface area contributed by atoms with Gasteiger partial charge in [0.1, 0.15) is 0 Å². The van der Waals surface area contributed by atoms with Gasteiger partial charge in [0.05, 0.1) is 24.7 Å². The van der Waals surface area contributed by atoms with E-state index >= 15 is 0 Å². The number of rotatable bonds is 4. The van der Waals surface area contributed by atoms with Gasteiger partial charge in [0.25, 0.3) is 0 Å². The number of hydrogen-bond acceptors (Lipinski definition) is 2. The molecule has 0 aromatic heterocycles. The summed E-state index contributed by atoms with van der Waals surface area (Å²) in [6.45, 7) is 9.54. The van der Waals surface area contributed by atoms with Crippen LogP contribution in [0.4, 0.5) is 0 Å². The SMILES string of the molecule is CC(C)c1ccc(C(C)(C)C(=O)NC2COC2)cc1. The summed E-state index contributed by atoms with van der Waals surface area (Å²) in [6.07, 6.45) is 0. The van der Waals surface area contributed by atoms with Crippen LogP contribution >= 0.6 is 0 Å². The molecule has 0 radical (unpaired) electrons.